The Morgan fingerprint density at radius 3 is 2.82 bits per heavy atom. The number of hydrogen-bond donors (Lipinski definition) is 2. The Morgan fingerprint density at radius 1 is 1.53 bits per heavy atom. The molecule has 96 valence electrons. The standard InChI is InChI=1S/C12H18N2O2.ClH/c1-9-4-3-5-11(6-9)16-10(2)8-14-12(15)7-13;/h3-6,10H,7-8,13H2,1-2H3,(H,14,15);1H. The fourth-order valence-corrected chi connectivity index (χ4v) is 1.29. The van der Waals surface area contributed by atoms with Crippen LogP contribution in [0.15, 0.2) is 24.3 Å². The second kappa shape index (κ2) is 7.92. The second-order valence-corrected chi connectivity index (χ2v) is 3.75. The van der Waals surface area contributed by atoms with E-state index in [0.717, 1.165) is 11.3 Å². The molecule has 1 amide bonds. The first-order chi connectivity index (χ1) is 7.61. The summed E-state index contributed by atoms with van der Waals surface area (Å²) in [5.41, 5.74) is 6.33. The van der Waals surface area contributed by atoms with Gasteiger partial charge < -0.3 is 15.8 Å². The van der Waals surface area contributed by atoms with Crippen LogP contribution in [0, 0.1) is 6.92 Å². The van der Waals surface area contributed by atoms with E-state index in [4.69, 9.17) is 10.5 Å². The van der Waals surface area contributed by atoms with Crippen molar-refractivity contribution in [3.8, 4) is 5.75 Å². The largest absolute Gasteiger partial charge is 0.489 e. The monoisotopic (exact) mass is 258 g/mol. The van der Waals surface area contributed by atoms with Crippen molar-refractivity contribution in [3.63, 3.8) is 0 Å². The van der Waals surface area contributed by atoms with Gasteiger partial charge in [0.15, 0.2) is 0 Å². The molecule has 5 heteroatoms. The normalized spacial score (nSPS) is 11.2. The molecule has 17 heavy (non-hydrogen) atoms. The van der Waals surface area contributed by atoms with Crippen LogP contribution in [0.25, 0.3) is 0 Å². The van der Waals surface area contributed by atoms with E-state index in [1.54, 1.807) is 0 Å². The first-order valence-electron chi connectivity index (χ1n) is 5.32. The molecular formula is C12H19ClN2O2. The molecule has 0 fully saturated rings. The zero-order chi connectivity index (χ0) is 12.0. The topological polar surface area (TPSA) is 64.3 Å². The maximum Gasteiger partial charge on any atom is 0.233 e. The summed E-state index contributed by atoms with van der Waals surface area (Å²) in [6, 6.07) is 7.80. The molecular weight excluding hydrogens is 240 g/mol. The molecule has 1 aromatic carbocycles. The highest BCUT2D eigenvalue weighted by Gasteiger charge is 2.05. The van der Waals surface area contributed by atoms with Gasteiger partial charge >= 0.3 is 0 Å². The van der Waals surface area contributed by atoms with E-state index < -0.39 is 0 Å². The van der Waals surface area contributed by atoms with E-state index in [0.29, 0.717) is 6.54 Å². The third-order valence-electron chi connectivity index (χ3n) is 2.10. The molecule has 0 saturated heterocycles. The minimum atomic E-state index is -0.167. The number of nitrogens with one attached hydrogen (secondary N) is 1. The molecule has 0 aliphatic rings. The summed E-state index contributed by atoms with van der Waals surface area (Å²) in [7, 11) is 0. The lowest BCUT2D eigenvalue weighted by atomic mass is 10.2. The molecule has 4 nitrogen and oxygen atoms in total. The van der Waals surface area contributed by atoms with Crippen LogP contribution < -0.4 is 15.8 Å². The average molecular weight is 259 g/mol. The first kappa shape index (κ1) is 15.7. The Balaban J connectivity index is 0.00000256. The average Bonchev–Trinajstić information content (AvgIpc) is 2.26. The maximum absolute atomic E-state index is 10.9. The number of amides is 1. The Hall–Kier alpha value is -1.26. The van der Waals surface area contributed by atoms with Gasteiger partial charge in [-0.05, 0) is 31.5 Å². The first-order valence-corrected chi connectivity index (χ1v) is 5.32. The Labute approximate surface area is 108 Å². The van der Waals surface area contributed by atoms with Crippen molar-refractivity contribution in [2.75, 3.05) is 13.1 Å². The van der Waals surface area contributed by atoms with Crippen molar-refractivity contribution in [2.24, 2.45) is 5.73 Å². The van der Waals surface area contributed by atoms with Gasteiger partial charge in [0.25, 0.3) is 0 Å². The lowest BCUT2D eigenvalue weighted by Gasteiger charge is -2.15. The third-order valence-corrected chi connectivity index (χ3v) is 2.10. The summed E-state index contributed by atoms with van der Waals surface area (Å²) >= 11 is 0. The van der Waals surface area contributed by atoms with E-state index in [1.165, 1.54) is 0 Å². The van der Waals surface area contributed by atoms with Crippen molar-refractivity contribution in [3.05, 3.63) is 29.8 Å². The van der Waals surface area contributed by atoms with Gasteiger partial charge in [-0.3, -0.25) is 4.79 Å². The highest BCUT2D eigenvalue weighted by Crippen LogP contribution is 2.13. The molecule has 0 spiro atoms. The molecule has 0 heterocycles. The summed E-state index contributed by atoms with van der Waals surface area (Å²) < 4.78 is 5.63. The summed E-state index contributed by atoms with van der Waals surface area (Å²) in [6.07, 6.45) is -0.0719. The predicted molar refractivity (Wildman–Crippen MR) is 70.6 cm³/mol. The summed E-state index contributed by atoms with van der Waals surface area (Å²) in [4.78, 5) is 10.9. The van der Waals surface area contributed by atoms with Gasteiger partial charge in [-0.1, -0.05) is 12.1 Å². The number of carbonyl (C=O) groups is 1. The Kier molecular flexibility index (Phi) is 7.34. The van der Waals surface area contributed by atoms with Crippen LogP contribution in [0.5, 0.6) is 5.75 Å². The van der Waals surface area contributed by atoms with Crippen LogP contribution in [0.4, 0.5) is 0 Å². The van der Waals surface area contributed by atoms with E-state index in [-0.39, 0.29) is 31.0 Å². The summed E-state index contributed by atoms with van der Waals surface area (Å²) in [5, 5.41) is 2.68. The van der Waals surface area contributed by atoms with Gasteiger partial charge in [-0.15, -0.1) is 12.4 Å². The minimum absolute atomic E-state index is 0. The maximum atomic E-state index is 10.9. The van der Waals surface area contributed by atoms with Crippen molar-refractivity contribution in [2.45, 2.75) is 20.0 Å². The van der Waals surface area contributed by atoms with Gasteiger partial charge in [-0.2, -0.15) is 0 Å². The van der Waals surface area contributed by atoms with Crippen LogP contribution in [0.1, 0.15) is 12.5 Å². The van der Waals surface area contributed by atoms with E-state index in [2.05, 4.69) is 5.32 Å². The number of hydrogen-bond acceptors (Lipinski definition) is 3. The lowest BCUT2D eigenvalue weighted by Crippen LogP contribution is -2.37. The van der Waals surface area contributed by atoms with Crippen molar-refractivity contribution < 1.29 is 9.53 Å². The van der Waals surface area contributed by atoms with E-state index in [9.17, 15) is 4.79 Å². The van der Waals surface area contributed by atoms with Crippen molar-refractivity contribution in [1.82, 2.24) is 5.32 Å². The van der Waals surface area contributed by atoms with Crippen molar-refractivity contribution in [1.29, 1.82) is 0 Å². The van der Waals surface area contributed by atoms with Crippen LogP contribution >= 0.6 is 12.4 Å². The highest BCUT2D eigenvalue weighted by molar-refractivity contribution is 5.85. The number of rotatable bonds is 5. The Bertz CT molecular complexity index is 358. The number of nitrogens with two attached hydrogens (primary N) is 1. The molecule has 0 aliphatic heterocycles. The number of halogens is 1. The summed E-state index contributed by atoms with van der Waals surface area (Å²) in [6.45, 7) is 4.38. The van der Waals surface area contributed by atoms with Crippen LogP contribution in [-0.4, -0.2) is 25.1 Å². The van der Waals surface area contributed by atoms with Crippen LogP contribution in [0.2, 0.25) is 0 Å². The van der Waals surface area contributed by atoms with Gasteiger partial charge in [0.2, 0.25) is 5.91 Å². The smallest absolute Gasteiger partial charge is 0.233 e. The quantitative estimate of drug-likeness (QED) is 0.836. The zero-order valence-corrected chi connectivity index (χ0v) is 10.9. The SMILES string of the molecule is Cc1cccc(OC(C)CNC(=O)CN)c1.Cl. The number of ether oxygens (including phenoxy) is 1. The van der Waals surface area contributed by atoms with Gasteiger partial charge in [0, 0.05) is 0 Å². The molecule has 0 aromatic heterocycles. The molecule has 1 unspecified atom stereocenters. The molecule has 1 atom stereocenters. The third kappa shape index (κ3) is 6.14. The predicted octanol–water partition coefficient (Wildman–Crippen LogP) is 1.26. The van der Waals surface area contributed by atoms with Gasteiger partial charge in [-0.25, -0.2) is 0 Å². The van der Waals surface area contributed by atoms with E-state index in [1.807, 2.05) is 38.1 Å². The number of carbonyl (C=O) groups excluding carboxylic acids is 1. The highest BCUT2D eigenvalue weighted by atomic mass is 35.5. The fourth-order valence-electron chi connectivity index (χ4n) is 1.29. The van der Waals surface area contributed by atoms with Crippen LogP contribution in [-0.2, 0) is 4.79 Å². The molecule has 1 aromatic rings. The molecule has 0 bridgehead atoms. The van der Waals surface area contributed by atoms with E-state index >= 15 is 0 Å². The Morgan fingerprint density at radius 2 is 2.24 bits per heavy atom. The van der Waals surface area contributed by atoms with Crippen LogP contribution in [0.3, 0.4) is 0 Å². The molecule has 0 saturated carbocycles. The van der Waals surface area contributed by atoms with Gasteiger partial charge in [0.1, 0.15) is 11.9 Å². The van der Waals surface area contributed by atoms with Crippen molar-refractivity contribution >= 4 is 18.3 Å². The molecule has 3 N–H and O–H groups in total. The number of benzene rings is 1. The zero-order valence-electron chi connectivity index (χ0n) is 10.1. The molecule has 0 aliphatic carbocycles. The molecule has 1 rings (SSSR count). The fraction of sp³-hybridized carbons (Fsp3) is 0.417. The molecule has 0 radical (unpaired) electrons. The minimum Gasteiger partial charge on any atom is -0.489 e. The second-order valence-electron chi connectivity index (χ2n) is 3.75. The van der Waals surface area contributed by atoms with Gasteiger partial charge in [0.05, 0.1) is 13.1 Å². The summed E-state index contributed by atoms with van der Waals surface area (Å²) in [5.74, 6) is 0.647. The lowest BCUT2D eigenvalue weighted by molar-refractivity contribution is -0.120. The number of aryl methyl sites for hydroxylation is 1.